The molecule has 104 valence electrons. The summed E-state index contributed by atoms with van der Waals surface area (Å²) >= 11 is 6.44. The van der Waals surface area contributed by atoms with E-state index in [1.54, 1.807) is 19.1 Å². The minimum atomic E-state index is -0.326. The maximum atomic E-state index is 11.3. The Morgan fingerprint density at radius 3 is 2.60 bits per heavy atom. The van der Waals surface area contributed by atoms with E-state index in [2.05, 4.69) is 57.6 Å². The maximum Gasteiger partial charge on any atom is 0.274 e. The highest BCUT2D eigenvalue weighted by atomic mass is 79.9. The van der Waals surface area contributed by atoms with Gasteiger partial charge in [0.15, 0.2) is 0 Å². The molecule has 0 spiro atoms. The smallest absolute Gasteiger partial charge is 0.274 e. The van der Waals surface area contributed by atoms with Gasteiger partial charge in [-0.05, 0) is 56.5 Å². The molecule has 0 unspecified atom stereocenters. The molecule has 7 nitrogen and oxygen atoms in total. The number of phenolic OH excluding ortho intramolecular Hbond substituents is 1. The second-order valence-electron chi connectivity index (χ2n) is 3.79. The van der Waals surface area contributed by atoms with Crippen molar-refractivity contribution >= 4 is 44.0 Å². The van der Waals surface area contributed by atoms with Gasteiger partial charge >= 0.3 is 0 Å². The van der Waals surface area contributed by atoms with Crippen LogP contribution < -0.4 is 11.0 Å². The van der Waals surface area contributed by atoms with Crippen molar-refractivity contribution in [1.82, 2.24) is 15.2 Å². The van der Waals surface area contributed by atoms with Crippen LogP contribution in [0.25, 0.3) is 0 Å². The molecule has 0 saturated carbocycles. The first-order valence-corrected chi connectivity index (χ1v) is 6.96. The third kappa shape index (κ3) is 3.42. The van der Waals surface area contributed by atoms with Crippen LogP contribution in [0.1, 0.15) is 11.3 Å². The molecule has 0 saturated heterocycles. The van der Waals surface area contributed by atoms with E-state index in [4.69, 9.17) is 0 Å². The molecule has 1 aromatic carbocycles. The van der Waals surface area contributed by atoms with E-state index >= 15 is 0 Å². The third-order valence-electron chi connectivity index (χ3n) is 2.28. The number of hydrogen-bond donors (Lipinski definition) is 3. The summed E-state index contributed by atoms with van der Waals surface area (Å²) in [6.07, 6.45) is 1.51. The fourth-order valence-corrected chi connectivity index (χ4v) is 2.49. The topological polar surface area (TPSA) is 103 Å². The monoisotopic (exact) mass is 401 g/mol. The van der Waals surface area contributed by atoms with Crippen LogP contribution in [-0.4, -0.2) is 26.5 Å². The summed E-state index contributed by atoms with van der Waals surface area (Å²) in [5.74, 6) is 0.262. The first-order chi connectivity index (χ1) is 9.47. The maximum absolute atomic E-state index is 11.3. The lowest BCUT2D eigenvalue weighted by molar-refractivity contribution is 0.468. The zero-order valence-electron chi connectivity index (χ0n) is 10.2. The van der Waals surface area contributed by atoms with Gasteiger partial charge in [-0.15, -0.1) is 10.2 Å². The molecule has 1 heterocycles. The quantitative estimate of drug-likeness (QED) is 0.539. The molecule has 0 aliphatic carbocycles. The van der Waals surface area contributed by atoms with Gasteiger partial charge in [0.1, 0.15) is 11.4 Å². The number of nitrogens with zero attached hydrogens (tertiary/aromatic N) is 3. The van der Waals surface area contributed by atoms with Crippen LogP contribution >= 0.6 is 31.9 Å². The molecule has 20 heavy (non-hydrogen) atoms. The number of aromatic hydroxyl groups is 1. The number of nitrogens with one attached hydrogen (secondary N) is 2. The Bertz CT molecular complexity index is 706. The average Bonchev–Trinajstić information content (AvgIpc) is 2.40. The lowest BCUT2D eigenvalue weighted by Crippen LogP contribution is -2.15. The Morgan fingerprint density at radius 1 is 1.35 bits per heavy atom. The molecule has 1 aromatic heterocycles. The summed E-state index contributed by atoms with van der Waals surface area (Å²) in [6, 6.07) is 3.38. The largest absolute Gasteiger partial charge is 0.506 e. The highest BCUT2D eigenvalue weighted by molar-refractivity contribution is 9.11. The average molecular weight is 403 g/mol. The minimum absolute atomic E-state index is 0.115. The number of aromatic nitrogens is 3. The van der Waals surface area contributed by atoms with E-state index in [-0.39, 0.29) is 23.0 Å². The molecule has 0 bridgehead atoms. The number of hydrazone groups is 1. The molecule has 3 N–H and O–H groups in total. The van der Waals surface area contributed by atoms with E-state index in [0.717, 1.165) is 5.56 Å². The Morgan fingerprint density at radius 2 is 2.00 bits per heavy atom. The van der Waals surface area contributed by atoms with Crippen molar-refractivity contribution in [2.75, 3.05) is 5.43 Å². The van der Waals surface area contributed by atoms with Crippen LogP contribution in [0, 0.1) is 6.92 Å². The Balaban J connectivity index is 2.14. The SMILES string of the molecule is Cc1nnc(N/N=C\c2cc(Br)c(O)c(Br)c2)[nH]c1=O. The highest BCUT2D eigenvalue weighted by Gasteiger charge is 2.04. The number of hydrogen-bond acceptors (Lipinski definition) is 6. The number of phenols is 1. The van der Waals surface area contributed by atoms with Crippen LogP contribution in [0.2, 0.25) is 0 Å². The summed E-state index contributed by atoms with van der Waals surface area (Å²) in [6.45, 7) is 1.56. The van der Waals surface area contributed by atoms with E-state index in [1.165, 1.54) is 6.21 Å². The molecule has 0 aliphatic rings. The van der Waals surface area contributed by atoms with Crippen molar-refractivity contribution in [3.63, 3.8) is 0 Å². The molecule has 0 fully saturated rings. The summed E-state index contributed by atoms with van der Waals surface area (Å²) < 4.78 is 1.08. The van der Waals surface area contributed by atoms with Crippen molar-refractivity contribution in [2.45, 2.75) is 6.92 Å². The lowest BCUT2D eigenvalue weighted by Gasteiger charge is -2.02. The fraction of sp³-hybridized carbons (Fsp3) is 0.0909. The lowest BCUT2D eigenvalue weighted by atomic mass is 10.2. The number of anilines is 1. The Labute approximate surface area is 130 Å². The first-order valence-electron chi connectivity index (χ1n) is 5.38. The predicted molar refractivity (Wildman–Crippen MR) is 82.1 cm³/mol. The summed E-state index contributed by atoms with van der Waals surface area (Å²) in [7, 11) is 0. The van der Waals surface area contributed by atoms with Gasteiger partial charge in [0.25, 0.3) is 5.56 Å². The highest BCUT2D eigenvalue weighted by Crippen LogP contribution is 2.32. The number of aromatic amines is 1. The molecule has 2 aromatic rings. The summed E-state index contributed by atoms with van der Waals surface area (Å²) in [5, 5.41) is 20.9. The van der Waals surface area contributed by atoms with Crippen molar-refractivity contribution in [1.29, 1.82) is 0 Å². The van der Waals surface area contributed by atoms with Crippen LogP contribution in [0.4, 0.5) is 5.95 Å². The number of aryl methyl sites for hydroxylation is 1. The summed E-state index contributed by atoms with van der Waals surface area (Å²) in [5.41, 5.74) is 3.25. The van der Waals surface area contributed by atoms with Crippen molar-refractivity contribution in [2.24, 2.45) is 5.10 Å². The van der Waals surface area contributed by atoms with E-state index in [9.17, 15) is 9.90 Å². The van der Waals surface area contributed by atoms with Crippen molar-refractivity contribution in [3.05, 3.63) is 42.7 Å². The second-order valence-corrected chi connectivity index (χ2v) is 5.50. The first kappa shape index (κ1) is 14.7. The molecule has 0 amide bonds. The molecule has 0 atom stereocenters. The standard InChI is InChI=1S/C11H9Br2N5O2/c1-5-10(20)15-11(18-16-5)17-14-4-6-2-7(12)9(19)8(13)3-6/h2-4,19H,1H3,(H2,15,17,18,20)/b14-4-. The summed E-state index contributed by atoms with van der Waals surface area (Å²) in [4.78, 5) is 13.8. The van der Waals surface area contributed by atoms with Crippen LogP contribution in [0.5, 0.6) is 5.75 Å². The normalized spacial score (nSPS) is 10.9. The second kappa shape index (κ2) is 6.14. The van der Waals surface area contributed by atoms with Gasteiger partial charge in [-0.25, -0.2) is 5.43 Å². The molecule has 0 radical (unpaired) electrons. The van der Waals surface area contributed by atoms with Gasteiger partial charge in [0.05, 0.1) is 15.2 Å². The van der Waals surface area contributed by atoms with Gasteiger partial charge in [-0.3, -0.25) is 9.78 Å². The van der Waals surface area contributed by atoms with Crippen LogP contribution in [0.15, 0.2) is 31.0 Å². The molecule has 9 heteroatoms. The van der Waals surface area contributed by atoms with E-state index in [0.29, 0.717) is 8.95 Å². The number of halogens is 2. The predicted octanol–water partition coefficient (Wildman–Crippen LogP) is 2.15. The van der Waals surface area contributed by atoms with Gasteiger partial charge in [-0.1, -0.05) is 0 Å². The number of benzene rings is 1. The molecule has 0 aliphatic heterocycles. The minimum Gasteiger partial charge on any atom is -0.506 e. The Kier molecular flexibility index (Phi) is 4.50. The van der Waals surface area contributed by atoms with Gasteiger partial charge in [0.2, 0.25) is 5.95 Å². The van der Waals surface area contributed by atoms with Gasteiger partial charge < -0.3 is 5.11 Å². The molecular formula is C11H9Br2N5O2. The molecular weight excluding hydrogens is 394 g/mol. The zero-order valence-corrected chi connectivity index (χ0v) is 13.4. The van der Waals surface area contributed by atoms with Crippen LogP contribution in [-0.2, 0) is 0 Å². The zero-order chi connectivity index (χ0) is 14.7. The number of H-pyrrole nitrogens is 1. The van der Waals surface area contributed by atoms with Crippen molar-refractivity contribution in [3.8, 4) is 5.75 Å². The van der Waals surface area contributed by atoms with E-state index < -0.39 is 0 Å². The van der Waals surface area contributed by atoms with Crippen molar-refractivity contribution < 1.29 is 5.11 Å². The third-order valence-corrected chi connectivity index (χ3v) is 3.49. The number of rotatable bonds is 3. The van der Waals surface area contributed by atoms with Gasteiger partial charge in [-0.2, -0.15) is 5.10 Å². The Hall–Kier alpha value is -1.74. The fourth-order valence-electron chi connectivity index (χ4n) is 1.27. The van der Waals surface area contributed by atoms with Gasteiger partial charge in [0, 0.05) is 0 Å². The van der Waals surface area contributed by atoms with E-state index in [1.807, 2.05) is 0 Å². The molecule has 2 rings (SSSR count). The van der Waals surface area contributed by atoms with Crippen LogP contribution in [0.3, 0.4) is 0 Å².